The number of para-hydroxylation sites is 1. The molecule has 0 aliphatic carbocycles. The van der Waals surface area contributed by atoms with Gasteiger partial charge in [-0.05, 0) is 114 Å². The van der Waals surface area contributed by atoms with Crippen LogP contribution >= 0.6 is 0 Å². The van der Waals surface area contributed by atoms with Crippen LogP contribution in [-0.2, 0) is 0 Å². The van der Waals surface area contributed by atoms with Gasteiger partial charge in [-0.1, -0.05) is 140 Å². The van der Waals surface area contributed by atoms with Crippen molar-refractivity contribution in [3.63, 3.8) is 0 Å². The fourth-order valence-electron chi connectivity index (χ4n) is 7.19. The summed E-state index contributed by atoms with van der Waals surface area (Å²) in [6.07, 6.45) is 0. The molecule has 47 heavy (non-hydrogen) atoms. The number of hydrogen-bond acceptors (Lipinski definition) is 1. The summed E-state index contributed by atoms with van der Waals surface area (Å²) in [5, 5.41) is 10.2. The van der Waals surface area contributed by atoms with Crippen molar-refractivity contribution in [2.45, 2.75) is 0 Å². The molecular formula is C46H31N. The average Bonchev–Trinajstić information content (AvgIpc) is 3.15. The maximum absolute atomic E-state index is 2.34. The lowest BCUT2D eigenvalue weighted by Gasteiger charge is -2.26. The molecule has 1 nitrogen and oxygen atoms in total. The van der Waals surface area contributed by atoms with Gasteiger partial charge < -0.3 is 4.90 Å². The Bertz CT molecular complexity index is 2380. The highest BCUT2D eigenvalue weighted by molar-refractivity contribution is 6.15. The predicted molar refractivity (Wildman–Crippen MR) is 202 cm³/mol. The van der Waals surface area contributed by atoms with E-state index in [0.717, 1.165) is 17.1 Å². The van der Waals surface area contributed by atoms with E-state index in [1.54, 1.807) is 0 Å². The molecule has 0 radical (unpaired) electrons. The number of hydrogen-bond donors (Lipinski definition) is 0. The van der Waals surface area contributed by atoms with Crippen molar-refractivity contribution in [1.82, 2.24) is 0 Å². The second-order valence-corrected chi connectivity index (χ2v) is 12.1. The van der Waals surface area contributed by atoms with Gasteiger partial charge in [0.2, 0.25) is 0 Å². The van der Waals surface area contributed by atoms with Crippen molar-refractivity contribution in [2.24, 2.45) is 0 Å². The first kappa shape index (κ1) is 27.2. The first-order valence-electron chi connectivity index (χ1n) is 16.2. The molecule has 0 bridgehead atoms. The van der Waals surface area contributed by atoms with Crippen molar-refractivity contribution in [3.05, 3.63) is 188 Å². The Morgan fingerprint density at radius 3 is 1.04 bits per heavy atom. The monoisotopic (exact) mass is 597 g/mol. The van der Waals surface area contributed by atoms with Crippen LogP contribution in [0, 0.1) is 0 Å². The Labute approximate surface area is 274 Å². The normalized spacial score (nSPS) is 11.4. The molecule has 0 heterocycles. The largest absolute Gasteiger partial charge is 0.311 e. The highest BCUT2D eigenvalue weighted by Gasteiger charge is 2.15. The first-order valence-corrected chi connectivity index (χ1v) is 16.2. The summed E-state index contributed by atoms with van der Waals surface area (Å²) in [5.41, 5.74) is 8.29. The second-order valence-electron chi connectivity index (χ2n) is 12.1. The van der Waals surface area contributed by atoms with Crippen LogP contribution in [-0.4, -0.2) is 0 Å². The van der Waals surface area contributed by atoms with Crippen molar-refractivity contribution in [3.8, 4) is 22.3 Å². The fourth-order valence-corrected chi connectivity index (χ4v) is 7.19. The molecule has 0 aliphatic rings. The Balaban J connectivity index is 1.13. The second kappa shape index (κ2) is 11.3. The number of fused-ring (bicyclic) bond motifs is 6. The summed E-state index contributed by atoms with van der Waals surface area (Å²) in [6, 6.07) is 68.1. The van der Waals surface area contributed by atoms with Crippen LogP contribution < -0.4 is 4.90 Å². The molecule has 0 saturated carbocycles. The lowest BCUT2D eigenvalue weighted by Crippen LogP contribution is -2.09. The SMILES string of the molecule is c1ccc(N(c2ccc(-c3cc4ccccc4c4ccccc34)cc2)c2ccc(-c3cc4ccccc4c4ccccc34)cc2)cc1. The summed E-state index contributed by atoms with van der Waals surface area (Å²) in [7, 11) is 0. The van der Waals surface area contributed by atoms with E-state index in [-0.39, 0.29) is 0 Å². The Morgan fingerprint density at radius 2 is 0.596 bits per heavy atom. The molecule has 9 rings (SSSR count). The van der Waals surface area contributed by atoms with E-state index in [1.165, 1.54) is 65.3 Å². The van der Waals surface area contributed by atoms with Crippen LogP contribution in [0.3, 0.4) is 0 Å². The zero-order valence-corrected chi connectivity index (χ0v) is 25.8. The molecule has 220 valence electrons. The van der Waals surface area contributed by atoms with E-state index in [2.05, 4.69) is 193 Å². The molecule has 0 fully saturated rings. The minimum atomic E-state index is 1.12. The highest BCUT2D eigenvalue weighted by Crippen LogP contribution is 2.40. The molecule has 0 aliphatic heterocycles. The topological polar surface area (TPSA) is 3.24 Å². The molecule has 9 aromatic rings. The Hall–Kier alpha value is -6.18. The minimum Gasteiger partial charge on any atom is -0.311 e. The van der Waals surface area contributed by atoms with Crippen molar-refractivity contribution >= 4 is 60.2 Å². The predicted octanol–water partition coefficient (Wildman–Crippen LogP) is 13.1. The van der Waals surface area contributed by atoms with Crippen LogP contribution in [0.25, 0.3) is 65.3 Å². The number of nitrogens with zero attached hydrogens (tertiary/aromatic N) is 1. The van der Waals surface area contributed by atoms with Gasteiger partial charge in [-0.25, -0.2) is 0 Å². The van der Waals surface area contributed by atoms with E-state index in [4.69, 9.17) is 0 Å². The van der Waals surface area contributed by atoms with Gasteiger partial charge in [0.25, 0.3) is 0 Å². The summed E-state index contributed by atoms with van der Waals surface area (Å²) in [4.78, 5) is 2.34. The first-order chi connectivity index (χ1) is 23.3. The van der Waals surface area contributed by atoms with Crippen LogP contribution in [0.1, 0.15) is 0 Å². The van der Waals surface area contributed by atoms with Crippen molar-refractivity contribution in [2.75, 3.05) is 4.90 Å². The third-order valence-corrected chi connectivity index (χ3v) is 9.42. The van der Waals surface area contributed by atoms with Crippen molar-refractivity contribution in [1.29, 1.82) is 0 Å². The maximum Gasteiger partial charge on any atom is 0.0462 e. The van der Waals surface area contributed by atoms with Crippen LogP contribution in [0.4, 0.5) is 17.1 Å². The summed E-state index contributed by atoms with van der Waals surface area (Å²) >= 11 is 0. The van der Waals surface area contributed by atoms with Crippen LogP contribution in [0.15, 0.2) is 188 Å². The van der Waals surface area contributed by atoms with Crippen LogP contribution in [0.2, 0.25) is 0 Å². The minimum absolute atomic E-state index is 1.12. The third-order valence-electron chi connectivity index (χ3n) is 9.42. The summed E-state index contributed by atoms with van der Waals surface area (Å²) < 4.78 is 0. The van der Waals surface area contributed by atoms with E-state index >= 15 is 0 Å². The van der Waals surface area contributed by atoms with Gasteiger partial charge >= 0.3 is 0 Å². The molecule has 0 amide bonds. The number of anilines is 3. The molecule has 1 heteroatoms. The lowest BCUT2D eigenvalue weighted by atomic mass is 9.93. The molecule has 0 spiro atoms. The van der Waals surface area contributed by atoms with Crippen molar-refractivity contribution < 1.29 is 0 Å². The molecule has 0 aromatic heterocycles. The van der Waals surface area contributed by atoms with Gasteiger partial charge in [0.05, 0.1) is 0 Å². The summed E-state index contributed by atoms with van der Waals surface area (Å²) in [5.74, 6) is 0. The van der Waals surface area contributed by atoms with Gasteiger partial charge in [0.15, 0.2) is 0 Å². The van der Waals surface area contributed by atoms with Crippen LogP contribution in [0.5, 0.6) is 0 Å². The number of benzene rings is 9. The molecule has 0 atom stereocenters. The highest BCUT2D eigenvalue weighted by atomic mass is 15.1. The lowest BCUT2D eigenvalue weighted by molar-refractivity contribution is 1.28. The van der Waals surface area contributed by atoms with Gasteiger partial charge in [-0.3, -0.25) is 0 Å². The van der Waals surface area contributed by atoms with Gasteiger partial charge in [0.1, 0.15) is 0 Å². The Kier molecular flexibility index (Phi) is 6.54. The maximum atomic E-state index is 2.34. The summed E-state index contributed by atoms with van der Waals surface area (Å²) in [6.45, 7) is 0. The fraction of sp³-hybridized carbons (Fsp3) is 0. The van der Waals surface area contributed by atoms with Gasteiger partial charge in [0, 0.05) is 17.1 Å². The third kappa shape index (κ3) is 4.72. The zero-order chi connectivity index (χ0) is 31.2. The van der Waals surface area contributed by atoms with Gasteiger partial charge in [-0.15, -0.1) is 0 Å². The quantitative estimate of drug-likeness (QED) is 0.178. The molecule has 0 unspecified atom stereocenters. The zero-order valence-electron chi connectivity index (χ0n) is 25.8. The van der Waals surface area contributed by atoms with E-state index in [1.807, 2.05) is 0 Å². The van der Waals surface area contributed by atoms with E-state index < -0.39 is 0 Å². The Morgan fingerprint density at radius 1 is 0.255 bits per heavy atom. The molecule has 0 N–H and O–H groups in total. The van der Waals surface area contributed by atoms with E-state index in [9.17, 15) is 0 Å². The molecule has 9 aromatic carbocycles. The standard InChI is InChI=1S/C46H31N/c1-2-14-36(15-3-1)47(37-26-22-32(23-27-37)45-30-34-12-4-6-16-39(34)41-18-8-10-20-43(41)45)38-28-24-33(25-29-38)46-31-35-13-5-7-17-40(35)42-19-9-11-21-44(42)46/h1-31H. The molecular weight excluding hydrogens is 567 g/mol. The van der Waals surface area contributed by atoms with E-state index in [0.29, 0.717) is 0 Å². The number of rotatable bonds is 5. The average molecular weight is 598 g/mol. The van der Waals surface area contributed by atoms with Gasteiger partial charge in [-0.2, -0.15) is 0 Å². The molecule has 0 saturated heterocycles. The smallest absolute Gasteiger partial charge is 0.0462 e.